The van der Waals surface area contributed by atoms with E-state index in [1.165, 1.54) is 10.7 Å². The number of carbonyl (C=O) groups is 1. The van der Waals surface area contributed by atoms with Gasteiger partial charge in [0.2, 0.25) is 0 Å². The van der Waals surface area contributed by atoms with Gasteiger partial charge in [-0.25, -0.2) is 0 Å². The van der Waals surface area contributed by atoms with E-state index in [-0.39, 0.29) is 5.78 Å². The molecule has 3 heteroatoms. The molecule has 0 aliphatic heterocycles. The van der Waals surface area contributed by atoms with Crippen LogP contribution in [-0.4, -0.2) is 37.9 Å². The molecule has 0 saturated carbocycles. The zero-order valence-corrected chi connectivity index (χ0v) is 21.9. The molecule has 0 aliphatic rings. The molecule has 2 nitrogen and oxygen atoms in total. The van der Waals surface area contributed by atoms with E-state index in [0.29, 0.717) is 12.2 Å². The Morgan fingerprint density at radius 3 is 1.52 bits per heavy atom. The summed E-state index contributed by atoms with van der Waals surface area (Å²) < 4.78 is 10.1. The van der Waals surface area contributed by atoms with Crippen molar-refractivity contribution < 1.29 is 9.53 Å². The average molecular weight is 539 g/mol. The summed E-state index contributed by atoms with van der Waals surface area (Å²) in [6, 6.07) is 39.7. The number of hydrogen-bond donors (Lipinski definition) is 0. The monoisotopic (exact) mass is 540 g/mol. The van der Waals surface area contributed by atoms with Crippen LogP contribution in [0.1, 0.15) is 15.9 Å². The molecule has 0 aromatic heterocycles. The van der Waals surface area contributed by atoms with Gasteiger partial charge in [-0.2, -0.15) is 0 Å². The molecule has 0 amide bonds. The van der Waals surface area contributed by atoms with Crippen molar-refractivity contribution >= 4 is 34.9 Å². The standard InChI is InChI=1S/C12H13O2.3C6H5.Sn/c1-10-5-7-11(8-6-10)12(13)4-3-9-14-2;3*1-2-4-6-5-3-1;/h3,5-8H,9H2,1-2H3;3*1-5H;. The normalized spacial score (nSPS) is 11.9. The van der Waals surface area contributed by atoms with Crippen molar-refractivity contribution in [3.8, 4) is 0 Å². The maximum absolute atomic E-state index is 14.3. The topological polar surface area (TPSA) is 26.3 Å². The number of hydrogen-bond acceptors (Lipinski definition) is 2. The first kappa shape index (κ1) is 23.2. The van der Waals surface area contributed by atoms with E-state index in [9.17, 15) is 4.79 Å². The van der Waals surface area contributed by atoms with Crippen LogP contribution in [0.2, 0.25) is 0 Å². The molecule has 0 aliphatic carbocycles. The van der Waals surface area contributed by atoms with Gasteiger partial charge in [-0.05, 0) is 0 Å². The molecular weight excluding hydrogens is 511 g/mol. The van der Waals surface area contributed by atoms with Crippen LogP contribution in [0.15, 0.2) is 125 Å². The SMILES string of the molecule is COC/C=[C](/C(=O)c1ccc(C)cc1)[Sn]([c]1ccccc1)([c]1ccccc1)[c]1ccccc1. The van der Waals surface area contributed by atoms with Crippen molar-refractivity contribution in [1.29, 1.82) is 0 Å². The Balaban J connectivity index is 2.09. The molecule has 164 valence electrons. The first-order valence-electron chi connectivity index (χ1n) is 11.2. The number of rotatable bonds is 8. The molecule has 0 saturated heterocycles. The number of allylic oxidation sites excluding steroid dienone is 1. The molecule has 4 aromatic rings. The van der Waals surface area contributed by atoms with Crippen molar-refractivity contribution in [2.45, 2.75) is 6.92 Å². The molecule has 4 rings (SSSR count). The van der Waals surface area contributed by atoms with Crippen LogP contribution >= 0.6 is 0 Å². The number of carbonyl (C=O) groups excluding carboxylic acids is 1. The van der Waals surface area contributed by atoms with Crippen LogP contribution < -0.4 is 10.7 Å². The number of ether oxygens (including phenoxy) is 1. The van der Waals surface area contributed by atoms with Crippen molar-refractivity contribution in [2.24, 2.45) is 0 Å². The van der Waals surface area contributed by atoms with Crippen molar-refractivity contribution in [1.82, 2.24) is 0 Å². The van der Waals surface area contributed by atoms with Gasteiger partial charge in [-0.3, -0.25) is 0 Å². The van der Waals surface area contributed by atoms with Gasteiger partial charge in [-0.1, -0.05) is 0 Å². The molecule has 0 N–H and O–H groups in total. The predicted octanol–water partition coefficient (Wildman–Crippen LogP) is 4.46. The fourth-order valence-electron chi connectivity index (χ4n) is 4.47. The van der Waals surface area contributed by atoms with Gasteiger partial charge in [0.15, 0.2) is 0 Å². The van der Waals surface area contributed by atoms with Gasteiger partial charge < -0.3 is 0 Å². The maximum atomic E-state index is 14.3. The summed E-state index contributed by atoms with van der Waals surface area (Å²) in [5.41, 5.74) is 1.85. The number of Topliss-reactive ketones (excluding diaryl/α,β-unsaturated/α-hetero) is 1. The van der Waals surface area contributed by atoms with Crippen molar-refractivity contribution in [3.63, 3.8) is 0 Å². The van der Waals surface area contributed by atoms with Crippen molar-refractivity contribution in [3.05, 3.63) is 136 Å². The fraction of sp³-hybridized carbons (Fsp3) is 0.100. The third-order valence-corrected chi connectivity index (χ3v) is 19.8. The summed E-state index contributed by atoms with van der Waals surface area (Å²) in [6.45, 7) is 2.43. The zero-order chi connectivity index (χ0) is 23.1. The Hall–Kier alpha value is -2.95. The number of methoxy groups -OCH3 is 1. The minimum absolute atomic E-state index is 0.0828. The Morgan fingerprint density at radius 2 is 1.12 bits per heavy atom. The second-order valence-corrected chi connectivity index (χ2v) is 18.9. The minimum atomic E-state index is -4.00. The molecule has 0 radical (unpaired) electrons. The average Bonchev–Trinajstić information content (AvgIpc) is 2.88. The Bertz CT molecular complexity index is 1120. The molecule has 0 atom stereocenters. The quantitative estimate of drug-likeness (QED) is 0.188. The van der Waals surface area contributed by atoms with Gasteiger partial charge >= 0.3 is 201 Å². The Labute approximate surface area is 200 Å². The van der Waals surface area contributed by atoms with E-state index in [2.05, 4.69) is 72.8 Å². The van der Waals surface area contributed by atoms with Crippen LogP contribution in [0, 0.1) is 6.92 Å². The molecule has 0 spiro atoms. The van der Waals surface area contributed by atoms with Crippen LogP contribution in [0.5, 0.6) is 0 Å². The molecule has 4 aromatic carbocycles. The third-order valence-electron chi connectivity index (χ3n) is 6.04. The molecule has 0 bridgehead atoms. The van der Waals surface area contributed by atoms with E-state index in [4.69, 9.17) is 4.74 Å². The molecule has 0 heterocycles. The van der Waals surface area contributed by atoms with Gasteiger partial charge in [0.1, 0.15) is 0 Å². The number of benzene rings is 4. The summed E-state index contributed by atoms with van der Waals surface area (Å²) in [4.78, 5) is 14.3. The van der Waals surface area contributed by atoms with Crippen molar-refractivity contribution in [2.75, 3.05) is 13.7 Å². The van der Waals surface area contributed by atoms with E-state index >= 15 is 0 Å². The van der Waals surface area contributed by atoms with Crippen LogP contribution in [0.25, 0.3) is 0 Å². The summed E-state index contributed by atoms with van der Waals surface area (Å²) >= 11 is -4.00. The van der Waals surface area contributed by atoms with E-state index < -0.39 is 18.4 Å². The fourth-order valence-corrected chi connectivity index (χ4v) is 18.4. The van der Waals surface area contributed by atoms with E-state index in [0.717, 1.165) is 9.15 Å². The van der Waals surface area contributed by atoms with Crippen LogP contribution in [-0.2, 0) is 4.74 Å². The molecule has 0 unspecified atom stereocenters. The summed E-state index contributed by atoms with van der Waals surface area (Å²) in [5.74, 6) is 0.0828. The van der Waals surface area contributed by atoms with Gasteiger partial charge in [0, 0.05) is 0 Å². The molecule has 33 heavy (non-hydrogen) atoms. The Morgan fingerprint density at radius 1 is 0.697 bits per heavy atom. The zero-order valence-electron chi connectivity index (χ0n) is 19.1. The third kappa shape index (κ3) is 4.73. The summed E-state index contributed by atoms with van der Waals surface area (Å²) in [5, 5.41) is 0. The van der Waals surface area contributed by atoms with Gasteiger partial charge in [-0.15, -0.1) is 0 Å². The summed E-state index contributed by atoms with van der Waals surface area (Å²) in [7, 11) is 1.68. The second-order valence-electron chi connectivity index (χ2n) is 8.12. The van der Waals surface area contributed by atoms with Gasteiger partial charge in [0.25, 0.3) is 0 Å². The van der Waals surface area contributed by atoms with Crippen LogP contribution in [0.4, 0.5) is 0 Å². The van der Waals surface area contributed by atoms with E-state index in [1.807, 2.05) is 55.5 Å². The number of aryl methyl sites for hydroxylation is 1. The molecular formula is C30H28O2Sn. The molecule has 0 fully saturated rings. The first-order chi connectivity index (χ1) is 16.2. The van der Waals surface area contributed by atoms with Gasteiger partial charge in [0.05, 0.1) is 0 Å². The summed E-state index contributed by atoms with van der Waals surface area (Å²) in [6.07, 6.45) is 2.03. The van der Waals surface area contributed by atoms with Crippen LogP contribution in [0.3, 0.4) is 0 Å². The Kier molecular flexibility index (Phi) is 7.58. The number of ketones is 1. The first-order valence-corrected chi connectivity index (χ1v) is 16.9. The van der Waals surface area contributed by atoms with E-state index in [1.54, 1.807) is 7.11 Å². The predicted molar refractivity (Wildman–Crippen MR) is 139 cm³/mol. The second kappa shape index (κ2) is 10.8.